The molecule has 0 spiro atoms. The van der Waals surface area contributed by atoms with Gasteiger partial charge >= 0.3 is 0 Å². The normalized spacial score (nSPS) is 9.33. The minimum absolute atomic E-state index is 0.0432. The Balaban J connectivity index is 2.73. The van der Waals surface area contributed by atoms with E-state index in [-0.39, 0.29) is 5.69 Å². The molecule has 12 heavy (non-hydrogen) atoms. The third-order valence-electron chi connectivity index (χ3n) is 1.15. The van der Waals surface area contributed by atoms with E-state index in [2.05, 4.69) is 9.97 Å². The van der Waals surface area contributed by atoms with Crippen LogP contribution in [-0.4, -0.2) is 21.7 Å². The fourth-order valence-electron chi connectivity index (χ4n) is 0.665. The number of carbonyl (C=O) groups excluding carboxylic acids is 2. The number of hydrogen-bond donors (Lipinski definition) is 0. The van der Waals surface area contributed by atoms with Crippen LogP contribution in [0.1, 0.15) is 16.9 Å². The number of ketones is 1. The molecule has 0 aliphatic heterocycles. The van der Waals surface area contributed by atoms with Crippen molar-refractivity contribution in [2.24, 2.45) is 0 Å². The van der Waals surface area contributed by atoms with Crippen LogP contribution in [0.2, 0.25) is 0 Å². The van der Waals surface area contributed by atoms with E-state index in [0.717, 1.165) is 0 Å². The number of Topliss-reactive ketones (excluding diaryl/α,β-unsaturated/α-hetero) is 1. The molecule has 5 nitrogen and oxygen atoms in total. The van der Waals surface area contributed by atoms with Crippen LogP contribution < -0.4 is 5.11 Å². The highest BCUT2D eigenvalue weighted by Crippen LogP contribution is 1.95. The number of hydrogen-bond acceptors (Lipinski definition) is 5. The molecule has 0 saturated carbocycles. The standard InChI is InChI=1S/C7H6N2O3/c10-6(3-7(11)12)5-4-8-1-2-9-5/h1-2,4H,3H2,(H,11,12)/p-1. The average molecular weight is 165 g/mol. The molecule has 0 radical (unpaired) electrons. The van der Waals surface area contributed by atoms with Crippen molar-refractivity contribution in [3.63, 3.8) is 0 Å². The van der Waals surface area contributed by atoms with Crippen molar-refractivity contribution >= 4 is 11.8 Å². The number of aromatic nitrogens is 2. The second kappa shape index (κ2) is 3.56. The summed E-state index contributed by atoms with van der Waals surface area (Å²) in [6.45, 7) is 0. The summed E-state index contributed by atoms with van der Waals surface area (Å²) in [6, 6.07) is 0. The van der Waals surface area contributed by atoms with Gasteiger partial charge in [-0.15, -0.1) is 0 Å². The molecule has 62 valence electrons. The number of carboxylic acids is 1. The van der Waals surface area contributed by atoms with Crippen molar-refractivity contribution in [1.29, 1.82) is 0 Å². The maximum atomic E-state index is 10.9. The maximum absolute atomic E-state index is 10.9. The Kier molecular flexibility index (Phi) is 2.47. The Morgan fingerprint density at radius 1 is 1.42 bits per heavy atom. The Morgan fingerprint density at radius 3 is 2.67 bits per heavy atom. The summed E-state index contributed by atoms with van der Waals surface area (Å²) in [5.41, 5.74) is 0.0432. The van der Waals surface area contributed by atoms with Crippen LogP contribution in [-0.2, 0) is 4.79 Å². The zero-order valence-corrected chi connectivity index (χ0v) is 6.06. The second-order valence-corrected chi connectivity index (χ2v) is 2.06. The van der Waals surface area contributed by atoms with Gasteiger partial charge in [0.2, 0.25) is 0 Å². The fraction of sp³-hybridized carbons (Fsp3) is 0.143. The summed E-state index contributed by atoms with van der Waals surface area (Å²) in [4.78, 5) is 28.2. The number of rotatable bonds is 3. The van der Waals surface area contributed by atoms with Crippen LogP contribution in [0.5, 0.6) is 0 Å². The summed E-state index contributed by atoms with van der Waals surface area (Å²) in [5.74, 6) is -2.01. The van der Waals surface area contributed by atoms with Gasteiger partial charge in [0.1, 0.15) is 5.69 Å². The van der Waals surface area contributed by atoms with Crippen molar-refractivity contribution < 1.29 is 14.7 Å². The third kappa shape index (κ3) is 2.12. The van der Waals surface area contributed by atoms with Crippen molar-refractivity contribution in [3.05, 3.63) is 24.3 Å². The van der Waals surface area contributed by atoms with Gasteiger partial charge < -0.3 is 9.90 Å². The first-order valence-electron chi connectivity index (χ1n) is 3.19. The zero-order chi connectivity index (χ0) is 8.97. The molecule has 1 heterocycles. The molecular weight excluding hydrogens is 160 g/mol. The molecule has 1 aromatic heterocycles. The number of nitrogens with zero attached hydrogens (tertiary/aromatic N) is 2. The van der Waals surface area contributed by atoms with Gasteiger partial charge in [-0.05, 0) is 0 Å². The molecule has 1 aromatic rings. The van der Waals surface area contributed by atoms with E-state index in [9.17, 15) is 14.7 Å². The molecule has 0 bridgehead atoms. The molecule has 0 saturated heterocycles. The smallest absolute Gasteiger partial charge is 0.188 e. The quantitative estimate of drug-likeness (QED) is 0.415. The van der Waals surface area contributed by atoms with Crippen LogP contribution in [0.3, 0.4) is 0 Å². The van der Waals surface area contributed by atoms with Gasteiger partial charge in [-0.2, -0.15) is 0 Å². The molecule has 0 aliphatic rings. The number of carbonyl (C=O) groups is 2. The first-order chi connectivity index (χ1) is 5.70. The lowest BCUT2D eigenvalue weighted by atomic mass is 10.2. The molecule has 0 aromatic carbocycles. The Labute approximate surface area is 68.1 Å². The molecule has 0 N–H and O–H groups in total. The molecule has 0 amide bonds. The van der Waals surface area contributed by atoms with Crippen molar-refractivity contribution in [2.45, 2.75) is 6.42 Å². The van der Waals surface area contributed by atoms with E-state index in [4.69, 9.17) is 0 Å². The topological polar surface area (TPSA) is 83.0 Å². The van der Waals surface area contributed by atoms with Gasteiger partial charge in [0, 0.05) is 18.4 Å². The van der Waals surface area contributed by atoms with Crippen molar-refractivity contribution in [3.8, 4) is 0 Å². The van der Waals surface area contributed by atoms with Crippen molar-refractivity contribution in [1.82, 2.24) is 9.97 Å². The minimum Gasteiger partial charge on any atom is -0.550 e. The highest BCUT2D eigenvalue weighted by molar-refractivity contribution is 6.03. The minimum atomic E-state index is -1.41. The van der Waals surface area contributed by atoms with Crippen LogP contribution in [0.15, 0.2) is 18.6 Å². The predicted octanol–water partition coefficient (Wildman–Crippen LogP) is -1.20. The first kappa shape index (κ1) is 8.32. The SMILES string of the molecule is O=C([O-])CC(=O)c1cnccn1. The van der Waals surface area contributed by atoms with Gasteiger partial charge in [0.25, 0.3) is 0 Å². The van der Waals surface area contributed by atoms with Crippen LogP contribution in [0.4, 0.5) is 0 Å². The second-order valence-electron chi connectivity index (χ2n) is 2.06. The summed E-state index contributed by atoms with van der Waals surface area (Å²) in [6.07, 6.45) is 3.28. The van der Waals surface area contributed by atoms with Crippen LogP contribution in [0.25, 0.3) is 0 Å². The molecule has 1 rings (SSSR count). The monoisotopic (exact) mass is 165 g/mol. The van der Waals surface area contributed by atoms with Gasteiger partial charge in [-0.25, -0.2) is 4.98 Å². The molecular formula is C7H5N2O3-. The van der Waals surface area contributed by atoms with Gasteiger partial charge in [-0.1, -0.05) is 0 Å². The van der Waals surface area contributed by atoms with Crippen LogP contribution >= 0.6 is 0 Å². The summed E-state index contributed by atoms with van der Waals surface area (Å²) >= 11 is 0. The summed E-state index contributed by atoms with van der Waals surface area (Å²) in [7, 11) is 0. The van der Waals surface area contributed by atoms with E-state index < -0.39 is 18.2 Å². The Morgan fingerprint density at radius 2 is 2.17 bits per heavy atom. The number of aliphatic carboxylic acids is 1. The van der Waals surface area contributed by atoms with E-state index in [1.54, 1.807) is 0 Å². The maximum Gasteiger partial charge on any atom is 0.188 e. The van der Waals surface area contributed by atoms with Crippen molar-refractivity contribution in [2.75, 3.05) is 0 Å². The van der Waals surface area contributed by atoms with E-state index in [1.807, 2.05) is 0 Å². The predicted molar refractivity (Wildman–Crippen MR) is 36.0 cm³/mol. The first-order valence-corrected chi connectivity index (χ1v) is 3.19. The fourth-order valence-corrected chi connectivity index (χ4v) is 0.665. The Hall–Kier alpha value is -1.78. The molecule has 0 aliphatic carbocycles. The molecule has 5 heteroatoms. The molecule has 0 fully saturated rings. The third-order valence-corrected chi connectivity index (χ3v) is 1.15. The molecule has 0 atom stereocenters. The Bertz CT molecular complexity index is 297. The van der Waals surface area contributed by atoms with Gasteiger partial charge in [-0.3, -0.25) is 9.78 Å². The number of carboxylic acid groups (broad SMARTS) is 1. The zero-order valence-electron chi connectivity index (χ0n) is 6.06. The summed E-state index contributed by atoms with van der Waals surface area (Å²) < 4.78 is 0. The van der Waals surface area contributed by atoms with Gasteiger partial charge in [0.15, 0.2) is 5.78 Å². The van der Waals surface area contributed by atoms with E-state index in [0.29, 0.717) is 0 Å². The highest BCUT2D eigenvalue weighted by atomic mass is 16.4. The lowest BCUT2D eigenvalue weighted by Crippen LogP contribution is -2.25. The summed E-state index contributed by atoms with van der Waals surface area (Å²) in [5, 5.41) is 10.0. The highest BCUT2D eigenvalue weighted by Gasteiger charge is 2.06. The lowest BCUT2D eigenvalue weighted by molar-refractivity contribution is -0.304. The lowest BCUT2D eigenvalue weighted by Gasteiger charge is -1.98. The average Bonchev–Trinajstić information content (AvgIpc) is 2.05. The van der Waals surface area contributed by atoms with E-state index >= 15 is 0 Å². The molecule has 0 unspecified atom stereocenters. The van der Waals surface area contributed by atoms with Gasteiger partial charge in [0.05, 0.1) is 12.6 Å². The van der Waals surface area contributed by atoms with Crippen LogP contribution in [0, 0.1) is 0 Å². The van der Waals surface area contributed by atoms with E-state index in [1.165, 1.54) is 18.6 Å². The largest absolute Gasteiger partial charge is 0.550 e.